The molecular formula is C20H20N2O2. The van der Waals surface area contributed by atoms with Gasteiger partial charge in [0.15, 0.2) is 0 Å². The third-order valence-corrected chi connectivity index (χ3v) is 5.06. The van der Waals surface area contributed by atoms with Crippen molar-refractivity contribution in [2.45, 2.75) is 24.5 Å². The van der Waals surface area contributed by atoms with Gasteiger partial charge in [0.2, 0.25) is 0 Å². The molecule has 2 aromatic carbocycles. The van der Waals surface area contributed by atoms with Crippen molar-refractivity contribution in [1.82, 2.24) is 10.6 Å². The lowest BCUT2D eigenvalue weighted by molar-refractivity contribution is 0.160. The van der Waals surface area contributed by atoms with Gasteiger partial charge in [-0.15, -0.1) is 0 Å². The Morgan fingerprint density at radius 1 is 0.875 bits per heavy atom. The number of rotatable bonds is 3. The van der Waals surface area contributed by atoms with Gasteiger partial charge in [-0.05, 0) is 35.5 Å². The summed E-state index contributed by atoms with van der Waals surface area (Å²) in [7, 11) is 0. The quantitative estimate of drug-likeness (QED) is 0.814. The number of hydrogen-bond acceptors (Lipinski definition) is 2. The summed E-state index contributed by atoms with van der Waals surface area (Å²) >= 11 is 0. The molecule has 4 rings (SSSR count). The Hall–Kier alpha value is -2.59. The van der Waals surface area contributed by atoms with E-state index in [1.54, 1.807) is 6.08 Å². The average molecular weight is 320 g/mol. The van der Waals surface area contributed by atoms with Crippen LogP contribution in [-0.2, 0) is 0 Å². The van der Waals surface area contributed by atoms with Crippen LogP contribution in [0.15, 0.2) is 72.4 Å². The molecule has 24 heavy (non-hydrogen) atoms. The minimum absolute atomic E-state index is 0.163. The number of aliphatic hydroxyl groups is 1. The third-order valence-electron chi connectivity index (χ3n) is 5.06. The van der Waals surface area contributed by atoms with E-state index in [4.69, 9.17) is 0 Å². The molecule has 2 aliphatic rings. The molecule has 0 aromatic heterocycles. The van der Waals surface area contributed by atoms with Crippen LogP contribution in [0.5, 0.6) is 0 Å². The second-order valence-electron chi connectivity index (χ2n) is 6.46. The lowest BCUT2D eigenvalue weighted by atomic mass is 9.58. The number of aliphatic hydroxyl groups excluding tert-OH is 1. The molecule has 0 saturated heterocycles. The maximum Gasteiger partial charge on any atom is 0.321 e. The Balaban J connectivity index is 1.69. The fraction of sp³-hybridized carbons (Fsp3) is 0.250. The van der Waals surface area contributed by atoms with Crippen LogP contribution in [0.4, 0.5) is 4.79 Å². The van der Waals surface area contributed by atoms with Gasteiger partial charge in [0.25, 0.3) is 0 Å². The van der Waals surface area contributed by atoms with E-state index < -0.39 is 6.23 Å². The monoisotopic (exact) mass is 320 g/mol. The summed E-state index contributed by atoms with van der Waals surface area (Å²) in [5.74, 6) is 0.844. The lowest BCUT2D eigenvalue weighted by Crippen LogP contribution is -2.50. The minimum atomic E-state index is -0.929. The molecule has 0 bridgehead atoms. The van der Waals surface area contributed by atoms with Gasteiger partial charge in [-0.1, -0.05) is 60.7 Å². The molecule has 3 atom stereocenters. The summed E-state index contributed by atoms with van der Waals surface area (Å²) < 4.78 is 0. The van der Waals surface area contributed by atoms with Gasteiger partial charge in [-0.2, -0.15) is 0 Å². The van der Waals surface area contributed by atoms with Crippen LogP contribution >= 0.6 is 0 Å². The van der Waals surface area contributed by atoms with Gasteiger partial charge in [-0.3, -0.25) is 0 Å². The average Bonchev–Trinajstić information content (AvgIpc) is 2.55. The Morgan fingerprint density at radius 3 is 1.92 bits per heavy atom. The summed E-state index contributed by atoms with van der Waals surface area (Å²) in [5, 5.41) is 15.2. The van der Waals surface area contributed by atoms with E-state index in [1.165, 1.54) is 11.1 Å². The predicted octanol–water partition coefficient (Wildman–Crippen LogP) is 3.09. The predicted molar refractivity (Wildman–Crippen MR) is 92.2 cm³/mol. The Bertz CT molecular complexity index is 712. The Kier molecular flexibility index (Phi) is 3.82. The summed E-state index contributed by atoms with van der Waals surface area (Å²) in [6.07, 6.45) is 1.83. The van der Waals surface area contributed by atoms with E-state index in [-0.39, 0.29) is 11.9 Å². The highest BCUT2D eigenvalue weighted by molar-refractivity contribution is 5.77. The molecule has 1 aliphatic carbocycles. The standard InChI is InChI=1S/C20H20N2O2/c23-18-12-17(21-20(24)22-18)19-15(13-7-3-1-4-8-13)11-16(19)14-9-5-2-6-10-14/h1-10,12,15-16,18-19,23H,11H2,(H2,21,22,24)/t15-,16-,18?/m1/s1. The van der Waals surface area contributed by atoms with Gasteiger partial charge in [0.1, 0.15) is 6.23 Å². The van der Waals surface area contributed by atoms with Crippen LogP contribution in [0.25, 0.3) is 0 Å². The lowest BCUT2D eigenvalue weighted by Gasteiger charge is -2.47. The minimum Gasteiger partial charge on any atom is -0.370 e. The zero-order valence-electron chi connectivity index (χ0n) is 13.2. The van der Waals surface area contributed by atoms with Gasteiger partial charge >= 0.3 is 6.03 Å². The largest absolute Gasteiger partial charge is 0.370 e. The first kappa shape index (κ1) is 15.0. The first-order valence-electron chi connectivity index (χ1n) is 8.29. The Morgan fingerprint density at radius 2 is 1.42 bits per heavy atom. The molecule has 2 amide bonds. The number of carbonyl (C=O) groups is 1. The third kappa shape index (κ3) is 2.69. The maximum atomic E-state index is 11.8. The van der Waals surface area contributed by atoms with Gasteiger partial charge in [0.05, 0.1) is 0 Å². The van der Waals surface area contributed by atoms with E-state index in [0.29, 0.717) is 11.8 Å². The van der Waals surface area contributed by atoms with Crippen LogP contribution < -0.4 is 10.6 Å². The number of carbonyl (C=O) groups excluding carboxylic acids is 1. The highest BCUT2D eigenvalue weighted by Gasteiger charge is 2.45. The number of nitrogens with one attached hydrogen (secondary N) is 2. The molecule has 1 heterocycles. The van der Waals surface area contributed by atoms with Gasteiger partial charge in [-0.25, -0.2) is 4.79 Å². The van der Waals surface area contributed by atoms with Crippen molar-refractivity contribution >= 4 is 6.03 Å². The highest BCUT2D eigenvalue weighted by atomic mass is 16.3. The summed E-state index contributed by atoms with van der Waals surface area (Å²) in [5.41, 5.74) is 3.37. The van der Waals surface area contributed by atoms with Crippen molar-refractivity contribution in [3.05, 3.63) is 83.6 Å². The van der Waals surface area contributed by atoms with Gasteiger partial charge < -0.3 is 15.7 Å². The van der Waals surface area contributed by atoms with Crippen molar-refractivity contribution in [2.75, 3.05) is 0 Å². The number of urea groups is 1. The van der Waals surface area contributed by atoms with E-state index in [9.17, 15) is 9.90 Å². The molecule has 1 fully saturated rings. The molecule has 1 saturated carbocycles. The molecule has 3 N–H and O–H groups in total. The zero-order valence-corrected chi connectivity index (χ0v) is 13.2. The maximum absolute atomic E-state index is 11.8. The van der Waals surface area contributed by atoms with Crippen molar-refractivity contribution in [2.24, 2.45) is 5.92 Å². The SMILES string of the molecule is O=C1NC(C2[C@@H](c3ccccc3)C[C@@H]2c2ccccc2)=CC(O)N1. The van der Waals surface area contributed by atoms with Crippen LogP contribution in [-0.4, -0.2) is 17.4 Å². The van der Waals surface area contributed by atoms with Crippen molar-refractivity contribution < 1.29 is 9.90 Å². The second-order valence-corrected chi connectivity index (χ2v) is 6.46. The topological polar surface area (TPSA) is 61.4 Å². The van der Waals surface area contributed by atoms with E-state index >= 15 is 0 Å². The fourth-order valence-corrected chi connectivity index (χ4v) is 3.92. The normalized spacial score (nSPS) is 26.8. The second kappa shape index (κ2) is 6.13. The fourth-order valence-electron chi connectivity index (χ4n) is 3.92. The molecule has 1 aliphatic heterocycles. The Labute approximate surface area is 141 Å². The zero-order chi connectivity index (χ0) is 16.5. The summed E-state index contributed by atoms with van der Waals surface area (Å²) in [6.45, 7) is 0. The van der Waals surface area contributed by atoms with E-state index in [1.807, 2.05) is 36.4 Å². The molecular weight excluding hydrogens is 300 g/mol. The molecule has 0 radical (unpaired) electrons. The highest BCUT2D eigenvalue weighted by Crippen LogP contribution is 2.55. The number of allylic oxidation sites excluding steroid dienone is 1. The first-order valence-corrected chi connectivity index (χ1v) is 8.29. The van der Waals surface area contributed by atoms with Crippen LogP contribution in [0, 0.1) is 5.92 Å². The number of benzene rings is 2. The summed E-state index contributed by atoms with van der Waals surface area (Å²) in [6, 6.07) is 20.4. The van der Waals surface area contributed by atoms with Gasteiger partial charge in [0, 0.05) is 11.6 Å². The van der Waals surface area contributed by atoms with E-state index in [0.717, 1.165) is 12.1 Å². The molecule has 4 heteroatoms. The van der Waals surface area contributed by atoms with Crippen LogP contribution in [0.1, 0.15) is 29.4 Å². The number of hydrogen-bond donors (Lipinski definition) is 3. The van der Waals surface area contributed by atoms with Crippen molar-refractivity contribution in [1.29, 1.82) is 0 Å². The smallest absolute Gasteiger partial charge is 0.321 e. The van der Waals surface area contributed by atoms with Crippen molar-refractivity contribution in [3.63, 3.8) is 0 Å². The molecule has 1 unspecified atom stereocenters. The number of amides is 2. The molecule has 122 valence electrons. The first-order chi connectivity index (χ1) is 11.7. The summed E-state index contributed by atoms with van der Waals surface area (Å²) in [4.78, 5) is 11.8. The van der Waals surface area contributed by atoms with E-state index in [2.05, 4.69) is 34.9 Å². The molecule has 2 aromatic rings. The van der Waals surface area contributed by atoms with Crippen molar-refractivity contribution in [3.8, 4) is 0 Å². The molecule has 0 spiro atoms. The van der Waals surface area contributed by atoms with Crippen LogP contribution in [0.3, 0.4) is 0 Å². The van der Waals surface area contributed by atoms with Crippen LogP contribution in [0.2, 0.25) is 0 Å². The molecule has 4 nitrogen and oxygen atoms in total.